The van der Waals surface area contributed by atoms with Gasteiger partial charge in [0.2, 0.25) is 6.54 Å². The Bertz CT molecular complexity index is 857. The molecule has 0 spiro atoms. The Morgan fingerprint density at radius 2 is 2.09 bits per heavy atom. The fourth-order valence-electron chi connectivity index (χ4n) is 2.86. The number of fused-ring (bicyclic) bond motifs is 1. The summed E-state index contributed by atoms with van der Waals surface area (Å²) in [5, 5.41) is 12.2. The number of benzene rings is 2. The van der Waals surface area contributed by atoms with Crippen LogP contribution in [0.3, 0.4) is 0 Å². The van der Waals surface area contributed by atoms with Gasteiger partial charge >= 0.3 is 0 Å². The van der Waals surface area contributed by atoms with Gasteiger partial charge in [0, 0.05) is 22.0 Å². The van der Waals surface area contributed by atoms with Gasteiger partial charge in [-0.25, -0.2) is 0 Å². The number of hydrogen-bond acceptors (Lipinski definition) is 4. The SMILES string of the molecule is COc1cc(C(C[N+](=O)[O-])c2c[nH]c3ccccc23)ccc1N. The van der Waals surface area contributed by atoms with E-state index >= 15 is 0 Å². The number of hydrogen-bond donors (Lipinski definition) is 2. The molecular formula is C17H17N3O3. The van der Waals surface area contributed by atoms with Crippen molar-refractivity contribution in [3.8, 4) is 5.75 Å². The van der Waals surface area contributed by atoms with E-state index in [0.29, 0.717) is 11.4 Å². The van der Waals surface area contributed by atoms with E-state index in [1.807, 2.05) is 36.5 Å². The molecule has 1 aromatic heterocycles. The zero-order valence-electron chi connectivity index (χ0n) is 12.7. The predicted molar refractivity (Wildman–Crippen MR) is 89.4 cm³/mol. The van der Waals surface area contributed by atoms with Crippen molar-refractivity contribution >= 4 is 16.6 Å². The minimum Gasteiger partial charge on any atom is -0.495 e. The van der Waals surface area contributed by atoms with Crippen molar-refractivity contribution in [3.05, 3.63) is 69.9 Å². The minimum atomic E-state index is -0.379. The van der Waals surface area contributed by atoms with Crippen LogP contribution in [0.25, 0.3) is 10.9 Å². The molecule has 3 rings (SSSR count). The highest BCUT2D eigenvalue weighted by molar-refractivity contribution is 5.84. The lowest BCUT2D eigenvalue weighted by atomic mass is 9.90. The van der Waals surface area contributed by atoms with Crippen molar-refractivity contribution in [2.75, 3.05) is 19.4 Å². The standard InChI is InChI=1S/C17H17N3O3/c1-23-17-8-11(6-7-15(17)18)14(10-20(21)22)13-9-19-16-5-3-2-4-12(13)16/h2-9,14,19H,10,18H2,1H3. The van der Waals surface area contributed by atoms with Crippen LogP contribution in [0.2, 0.25) is 0 Å². The second kappa shape index (κ2) is 6.00. The van der Waals surface area contributed by atoms with E-state index in [2.05, 4.69) is 4.98 Å². The monoisotopic (exact) mass is 311 g/mol. The molecule has 1 atom stereocenters. The van der Waals surface area contributed by atoms with Gasteiger partial charge in [0.25, 0.3) is 0 Å². The number of nitrogen functional groups attached to an aromatic ring is 1. The molecule has 0 saturated carbocycles. The van der Waals surface area contributed by atoms with E-state index in [0.717, 1.165) is 22.0 Å². The highest BCUT2D eigenvalue weighted by Gasteiger charge is 2.24. The Kier molecular flexibility index (Phi) is 3.89. The summed E-state index contributed by atoms with van der Waals surface area (Å²) < 4.78 is 5.24. The number of nitrogens with zero attached hydrogens (tertiary/aromatic N) is 1. The lowest BCUT2D eigenvalue weighted by molar-refractivity contribution is -0.481. The summed E-state index contributed by atoms with van der Waals surface area (Å²) in [6, 6.07) is 13.1. The summed E-state index contributed by atoms with van der Waals surface area (Å²) in [4.78, 5) is 14.1. The smallest absolute Gasteiger partial charge is 0.214 e. The zero-order chi connectivity index (χ0) is 16.4. The van der Waals surface area contributed by atoms with Crippen LogP contribution in [0.15, 0.2) is 48.7 Å². The van der Waals surface area contributed by atoms with Crippen LogP contribution in [0.1, 0.15) is 17.0 Å². The molecule has 1 unspecified atom stereocenters. The van der Waals surface area contributed by atoms with E-state index in [9.17, 15) is 10.1 Å². The van der Waals surface area contributed by atoms with E-state index in [1.54, 1.807) is 12.1 Å². The van der Waals surface area contributed by atoms with Crippen LogP contribution in [0.4, 0.5) is 5.69 Å². The highest BCUT2D eigenvalue weighted by atomic mass is 16.6. The van der Waals surface area contributed by atoms with E-state index in [1.165, 1.54) is 7.11 Å². The van der Waals surface area contributed by atoms with Gasteiger partial charge in [0.15, 0.2) is 0 Å². The third-order valence-corrected chi connectivity index (χ3v) is 3.99. The lowest BCUT2D eigenvalue weighted by Crippen LogP contribution is -2.14. The molecule has 2 aromatic carbocycles. The molecule has 0 bridgehead atoms. The number of nitrogens with one attached hydrogen (secondary N) is 1. The molecule has 0 aliphatic carbocycles. The largest absolute Gasteiger partial charge is 0.495 e. The number of para-hydroxylation sites is 1. The van der Waals surface area contributed by atoms with Gasteiger partial charge < -0.3 is 15.5 Å². The van der Waals surface area contributed by atoms with Crippen molar-refractivity contribution in [2.24, 2.45) is 0 Å². The summed E-state index contributed by atoms with van der Waals surface area (Å²) >= 11 is 0. The lowest BCUT2D eigenvalue weighted by Gasteiger charge is -2.15. The molecule has 118 valence electrons. The summed E-state index contributed by atoms with van der Waals surface area (Å²) in [5.74, 6) is 0.145. The third-order valence-electron chi connectivity index (χ3n) is 3.99. The Labute approximate surface area is 133 Å². The van der Waals surface area contributed by atoms with Gasteiger partial charge in [-0.15, -0.1) is 0 Å². The topological polar surface area (TPSA) is 94.2 Å². The van der Waals surface area contributed by atoms with Gasteiger partial charge in [-0.3, -0.25) is 10.1 Å². The number of aromatic nitrogens is 1. The number of aromatic amines is 1. The molecule has 0 aliphatic heterocycles. The van der Waals surface area contributed by atoms with Crippen molar-refractivity contribution in [1.29, 1.82) is 0 Å². The average Bonchev–Trinajstić information content (AvgIpc) is 2.97. The fourth-order valence-corrected chi connectivity index (χ4v) is 2.86. The van der Waals surface area contributed by atoms with Crippen LogP contribution in [-0.2, 0) is 0 Å². The third kappa shape index (κ3) is 2.83. The highest BCUT2D eigenvalue weighted by Crippen LogP contribution is 2.34. The Hall–Kier alpha value is -3.02. The Morgan fingerprint density at radius 1 is 1.30 bits per heavy atom. The molecule has 0 aliphatic rings. The van der Waals surface area contributed by atoms with Crippen molar-refractivity contribution in [3.63, 3.8) is 0 Å². The molecule has 23 heavy (non-hydrogen) atoms. The van der Waals surface area contributed by atoms with Crippen molar-refractivity contribution in [1.82, 2.24) is 4.98 Å². The van der Waals surface area contributed by atoms with Gasteiger partial charge in [-0.2, -0.15) is 0 Å². The molecule has 3 N–H and O–H groups in total. The van der Waals surface area contributed by atoms with Crippen molar-refractivity contribution in [2.45, 2.75) is 5.92 Å². The molecular weight excluding hydrogens is 294 g/mol. The number of rotatable bonds is 5. The first-order chi connectivity index (χ1) is 11.1. The van der Waals surface area contributed by atoms with Gasteiger partial charge in [0.1, 0.15) is 5.75 Å². The van der Waals surface area contributed by atoms with E-state index in [-0.39, 0.29) is 17.4 Å². The zero-order valence-corrected chi connectivity index (χ0v) is 12.7. The molecule has 0 radical (unpaired) electrons. The van der Waals surface area contributed by atoms with Gasteiger partial charge in [-0.1, -0.05) is 24.3 Å². The second-order valence-corrected chi connectivity index (χ2v) is 5.36. The number of ether oxygens (including phenoxy) is 1. The minimum absolute atomic E-state index is 0.199. The number of methoxy groups -OCH3 is 1. The first-order valence-corrected chi connectivity index (χ1v) is 7.21. The summed E-state index contributed by atoms with van der Waals surface area (Å²) in [6.45, 7) is -0.199. The van der Waals surface area contributed by atoms with Crippen LogP contribution < -0.4 is 10.5 Å². The van der Waals surface area contributed by atoms with Gasteiger partial charge in [-0.05, 0) is 29.3 Å². The fraction of sp³-hybridized carbons (Fsp3) is 0.176. The number of anilines is 1. The summed E-state index contributed by atoms with van der Waals surface area (Å²) in [5.41, 5.74) is 9.01. The average molecular weight is 311 g/mol. The quantitative estimate of drug-likeness (QED) is 0.430. The Balaban J connectivity index is 2.13. The number of nitrogens with two attached hydrogens (primary N) is 1. The normalized spacial score (nSPS) is 12.2. The second-order valence-electron chi connectivity index (χ2n) is 5.36. The maximum Gasteiger partial charge on any atom is 0.214 e. The number of H-pyrrole nitrogens is 1. The first kappa shape index (κ1) is 14.9. The molecule has 6 nitrogen and oxygen atoms in total. The molecule has 0 fully saturated rings. The van der Waals surface area contributed by atoms with Crippen LogP contribution in [0.5, 0.6) is 5.75 Å². The maximum atomic E-state index is 11.2. The molecule has 0 amide bonds. The first-order valence-electron chi connectivity index (χ1n) is 7.21. The summed E-state index contributed by atoms with van der Waals surface area (Å²) in [6.07, 6.45) is 1.83. The van der Waals surface area contributed by atoms with Crippen LogP contribution in [0, 0.1) is 10.1 Å². The van der Waals surface area contributed by atoms with Gasteiger partial charge in [0.05, 0.1) is 18.7 Å². The number of nitro groups is 1. The predicted octanol–water partition coefficient (Wildman–Crippen LogP) is 3.17. The molecule has 0 saturated heterocycles. The van der Waals surface area contributed by atoms with E-state index in [4.69, 9.17) is 10.5 Å². The van der Waals surface area contributed by atoms with E-state index < -0.39 is 0 Å². The Morgan fingerprint density at radius 3 is 2.83 bits per heavy atom. The molecule has 6 heteroatoms. The molecule has 1 heterocycles. The van der Waals surface area contributed by atoms with Crippen LogP contribution in [-0.4, -0.2) is 23.6 Å². The van der Waals surface area contributed by atoms with Crippen LogP contribution >= 0.6 is 0 Å². The molecule has 3 aromatic rings. The van der Waals surface area contributed by atoms with Crippen molar-refractivity contribution < 1.29 is 9.66 Å². The summed E-state index contributed by atoms with van der Waals surface area (Å²) in [7, 11) is 1.53. The maximum absolute atomic E-state index is 11.2.